The summed E-state index contributed by atoms with van der Waals surface area (Å²) in [6, 6.07) is 8.30. The number of rotatable bonds is 4. The highest BCUT2D eigenvalue weighted by Crippen LogP contribution is 2.23. The molecule has 2 rings (SSSR count). The maximum absolute atomic E-state index is 4.10. The Morgan fingerprint density at radius 3 is 3.00 bits per heavy atom. The summed E-state index contributed by atoms with van der Waals surface area (Å²) < 4.78 is 0. The quantitative estimate of drug-likeness (QED) is 0.780. The van der Waals surface area contributed by atoms with Crippen molar-refractivity contribution in [3.63, 3.8) is 0 Å². The van der Waals surface area contributed by atoms with Crippen molar-refractivity contribution in [3.8, 4) is 0 Å². The van der Waals surface area contributed by atoms with Crippen LogP contribution in [0.25, 0.3) is 16.5 Å². The first-order valence-electron chi connectivity index (χ1n) is 5.28. The van der Waals surface area contributed by atoms with Crippen LogP contribution >= 0.6 is 0 Å². The number of likely N-dealkylation sites (N-methyl/N-ethyl adjacent to an activating group) is 1. The van der Waals surface area contributed by atoms with Crippen molar-refractivity contribution < 1.29 is 0 Å². The summed E-state index contributed by atoms with van der Waals surface area (Å²) in [4.78, 5) is 3.26. The number of aromatic nitrogens is 1. The van der Waals surface area contributed by atoms with Gasteiger partial charge in [-0.3, -0.25) is 0 Å². The van der Waals surface area contributed by atoms with Crippen molar-refractivity contribution in [1.82, 2.24) is 10.3 Å². The number of hydrogen-bond acceptors (Lipinski definition) is 1. The molecule has 2 N–H and O–H groups in total. The average Bonchev–Trinajstić information content (AvgIpc) is 2.69. The third kappa shape index (κ3) is 1.95. The minimum atomic E-state index is 0.846. The van der Waals surface area contributed by atoms with Crippen LogP contribution in [0.3, 0.4) is 0 Å². The SMILES string of the molecule is C=C(CNCC)c1c[nH]c2ccccc12. The van der Waals surface area contributed by atoms with E-state index in [1.54, 1.807) is 0 Å². The highest BCUT2D eigenvalue weighted by molar-refractivity contribution is 5.92. The van der Waals surface area contributed by atoms with Crippen LogP contribution in [0.1, 0.15) is 12.5 Å². The van der Waals surface area contributed by atoms with E-state index < -0.39 is 0 Å². The minimum absolute atomic E-state index is 0.846. The first-order chi connectivity index (χ1) is 7.33. The van der Waals surface area contributed by atoms with Crippen LogP contribution < -0.4 is 5.32 Å². The molecule has 15 heavy (non-hydrogen) atoms. The molecule has 2 nitrogen and oxygen atoms in total. The second kappa shape index (κ2) is 4.32. The summed E-state index contributed by atoms with van der Waals surface area (Å²) in [7, 11) is 0. The van der Waals surface area contributed by atoms with Gasteiger partial charge in [0.25, 0.3) is 0 Å². The zero-order valence-corrected chi connectivity index (χ0v) is 9.01. The Balaban J connectivity index is 2.31. The zero-order valence-electron chi connectivity index (χ0n) is 9.01. The molecule has 0 saturated heterocycles. The van der Waals surface area contributed by atoms with Gasteiger partial charge in [-0.15, -0.1) is 0 Å². The molecule has 1 heterocycles. The number of H-pyrrole nitrogens is 1. The standard InChI is InChI=1S/C13H16N2/c1-3-14-8-10(2)12-9-15-13-7-5-4-6-11(12)13/h4-7,9,14-15H,2-3,8H2,1H3. The fourth-order valence-electron chi connectivity index (χ4n) is 1.74. The Hall–Kier alpha value is -1.54. The average molecular weight is 200 g/mol. The molecule has 0 aliphatic carbocycles. The van der Waals surface area contributed by atoms with Gasteiger partial charge in [0.05, 0.1) is 0 Å². The number of nitrogens with one attached hydrogen (secondary N) is 2. The first-order valence-corrected chi connectivity index (χ1v) is 5.28. The van der Waals surface area contributed by atoms with Crippen molar-refractivity contribution in [3.05, 3.63) is 42.6 Å². The van der Waals surface area contributed by atoms with E-state index >= 15 is 0 Å². The van der Waals surface area contributed by atoms with Crippen LogP contribution in [0.2, 0.25) is 0 Å². The summed E-state index contributed by atoms with van der Waals surface area (Å²) in [6.07, 6.45) is 2.03. The van der Waals surface area contributed by atoms with Crippen LogP contribution in [-0.2, 0) is 0 Å². The Labute approximate surface area is 90.0 Å². The van der Waals surface area contributed by atoms with Gasteiger partial charge in [-0.05, 0) is 18.2 Å². The maximum atomic E-state index is 4.10. The molecule has 78 valence electrons. The van der Waals surface area contributed by atoms with Gasteiger partial charge in [-0.1, -0.05) is 31.7 Å². The summed E-state index contributed by atoms with van der Waals surface area (Å²) in [5.41, 5.74) is 3.52. The molecule has 2 heteroatoms. The van der Waals surface area contributed by atoms with E-state index in [1.807, 2.05) is 12.3 Å². The van der Waals surface area contributed by atoms with Gasteiger partial charge in [0.15, 0.2) is 0 Å². The normalized spacial score (nSPS) is 10.7. The minimum Gasteiger partial charge on any atom is -0.361 e. The fourth-order valence-corrected chi connectivity index (χ4v) is 1.74. The van der Waals surface area contributed by atoms with E-state index in [0.717, 1.165) is 18.7 Å². The lowest BCUT2D eigenvalue weighted by Crippen LogP contribution is -2.14. The Bertz CT molecular complexity index is 468. The van der Waals surface area contributed by atoms with Crippen LogP contribution in [0.15, 0.2) is 37.0 Å². The molecule has 0 fully saturated rings. The molecule has 0 saturated carbocycles. The molecule has 0 radical (unpaired) electrons. The van der Waals surface area contributed by atoms with Crippen molar-refractivity contribution in [2.75, 3.05) is 13.1 Å². The van der Waals surface area contributed by atoms with Gasteiger partial charge < -0.3 is 10.3 Å². The molecule has 2 aromatic rings. The lowest BCUT2D eigenvalue weighted by atomic mass is 10.1. The second-order valence-corrected chi connectivity index (χ2v) is 3.63. The van der Waals surface area contributed by atoms with Crippen LogP contribution in [0.4, 0.5) is 0 Å². The summed E-state index contributed by atoms with van der Waals surface area (Å²) in [5, 5.41) is 4.54. The highest BCUT2D eigenvalue weighted by Gasteiger charge is 2.05. The third-order valence-electron chi connectivity index (χ3n) is 2.56. The molecule has 0 spiro atoms. The number of aromatic amines is 1. The van der Waals surface area contributed by atoms with Crippen molar-refractivity contribution in [2.24, 2.45) is 0 Å². The molecule has 0 aliphatic rings. The first kappa shape index (κ1) is 9.99. The van der Waals surface area contributed by atoms with Gasteiger partial charge in [-0.25, -0.2) is 0 Å². The number of fused-ring (bicyclic) bond motifs is 1. The molecule has 1 aromatic heterocycles. The van der Waals surface area contributed by atoms with Crippen molar-refractivity contribution >= 4 is 16.5 Å². The van der Waals surface area contributed by atoms with Gasteiger partial charge in [0.1, 0.15) is 0 Å². The van der Waals surface area contributed by atoms with Gasteiger partial charge in [0, 0.05) is 29.2 Å². The molecule has 0 bridgehead atoms. The van der Waals surface area contributed by atoms with E-state index in [1.165, 1.54) is 16.5 Å². The third-order valence-corrected chi connectivity index (χ3v) is 2.56. The number of hydrogen-bond donors (Lipinski definition) is 2. The van der Waals surface area contributed by atoms with E-state index in [9.17, 15) is 0 Å². The lowest BCUT2D eigenvalue weighted by Gasteiger charge is -2.04. The fraction of sp³-hybridized carbons (Fsp3) is 0.231. The maximum Gasteiger partial charge on any atom is 0.0460 e. The summed E-state index contributed by atoms with van der Waals surface area (Å²) >= 11 is 0. The van der Waals surface area contributed by atoms with E-state index in [0.29, 0.717) is 0 Å². The molecule has 0 aliphatic heterocycles. The van der Waals surface area contributed by atoms with Crippen molar-refractivity contribution in [1.29, 1.82) is 0 Å². The van der Waals surface area contributed by atoms with Crippen LogP contribution in [0.5, 0.6) is 0 Å². The van der Waals surface area contributed by atoms with Crippen LogP contribution in [-0.4, -0.2) is 18.1 Å². The molecule has 0 amide bonds. The predicted octanol–water partition coefficient (Wildman–Crippen LogP) is 2.79. The predicted molar refractivity (Wildman–Crippen MR) is 65.9 cm³/mol. The van der Waals surface area contributed by atoms with E-state index in [-0.39, 0.29) is 0 Å². The zero-order chi connectivity index (χ0) is 10.7. The van der Waals surface area contributed by atoms with E-state index in [2.05, 4.69) is 42.0 Å². The smallest absolute Gasteiger partial charge is 0.0460 e. The largest absolute Gasteiger partial charge is 0.361 e. The van der Waals surface area contributed by atoms with Gasteiger partial charge >= 0.3 is 0 Å². The number of para-hydroxylation sites is 1. The Morgan fingerprint density at radius 1 is 1.40 bits per heavy atom. The topological polar surface area (TPSA) is 27.8 Å². The molecular formula is C13H16N2. The van der Waals surface area contributed by atoms with Crippen LogP contribution in [0, 0.1) is 0 Å². The van der Waals surface area contributed by atoms with Gasteiger partial charge in [0.2, 0.25) is 0 Å². The van der Waals surface area contributed by atoms with E-state index in [4.69, 9.17) is 0 Å². The molecule has 1 aromatic carbocycles. The van der Waals surface area contributed by atoms with Crippen molar-refractivity contribution in [2.45, 2.75) is 6.92 Å². The summed E-state index contributed by atoms with van der Waals surface area (Å²) in [6.45, 7) is 8.02. The monoisotopic (exact) mass is 200 g/mol. The Morgan fingerprint density at radius 2 is 2.20 bits per heavy atom. The molecule has 0 unspecified atom stereocenters. The number of benzene rings is 1. The molecule has 0 atom stereocenters. The highest BCUT2D eigenvalue weighted by atomic mass is 14.8. The van der Waals surface area contributed by atoms with Gasteiger partial charge in [-0.2, -0.15) is 0 Å². The molecular weight excluding hydrogens is 184 g/mol. The lowest BCUT2D eigenvalue weighted by molar-refractivity contribution is 0.809. The Kier molecular flexibility index (Phi) is 2.88. The second-order valence-electron chi connectivity index (χ2n) is 3.63. The summed E-state index contributed by atoms with van der Waals surface area (Å²) in [5.74, 6) is 0.